The smallest absolute Gasteiger partial charge is 0.261 e. The van der Waals surface area contributed by atoms with Crippen molar-refractivity contribution in [3.63, 3.8) is 0 Å². The molecule has 2 aliphatic rings. The van der Waals surface area contributed by atoms with Crippen LogP contribution < -0.4 is 5.56 Å². The summed E-state index contributed by atoms with van der Waals surface area (Å²) >= 11 is 0. The highest BCUT2D eigenvalue weighted by molar-refractivity contribution is 5.79. The summed E-state index contributed by atoms with van der Waals surface area (Å²) in [5.74, 6) is 1.43. The van der Waals surface area contributed by atoms with E-state index in [0.29, 0.717) is 17.8 Å². The summed E-state index contributed by atoms with van der Waals surface area (Å²) in [5.41, 5.74) is 0.816. The second-order valence-corrected chi connectivity index (χ2v) is 8.46. The predicted octanol–water partition coefficient (Wildman–Crippen LogP) is 3.20. The predicted molar refractivity (Wildman–Crippen MR) is 115 cm³/mol. The molecule has 1 aromatic heterocycles. The molecule has 2 fully saturated rings. The van der Waals surface area contributed by atoms with E-state index >= 15 is 0 Å². The first kappa shape index (κ1) is 20.1. The SMILES string of the molecule is CCCn1c(C(C)N2CCN(C(=O)C3CCCC3)CC2)nc2ccccc2c1=O. The summed E-state index contributed by atoms with van der Waals surface area (Å²) in [5, 5.41) is 0.684. The lowest BCUT2D eigenvalue weighted by Gasteiger charge is -2.39. The first-order chi connectivity index (χ1) is 14.1. The number of nitrogens with zero attached hydrogens (tertiary/aromatic N) is 4. The molecule has 1 saturated carbocycles. The number of piperazine rings is 1. The van der Waals surface area contributed by atoms with Crippen molar-refractivity contribution in [2.75, 3.05) is 26.2 Å². The van der Waals surface area contributed by atoms with Gasteiger partial charge in [-0.05, 0) is 38.3 Å². The topological polar surface area (TPSA) is 58.4 Å². The molecule has 0 N–H and O–H groups in total. The van der Waals surface area contributed by atoms with E-state index in [2.05, 4.69) is 18.7 Å². The van der Waals surface area contributed by atoms with Gasteiger partial charge in [0, 0.05) is 38.6 Å². The van der Waals surface area contributed by atoms with Crippen molar-refractivity contribution in [2.45, 2.75) is 58.5 Å². The van der Waals surface area contributed by atoms with Crippen LogP contribution in [-0.2, 0) is 11.3 Å². The summed E-state index contributed by atoms with van der Waals surface area (Å²) in [7, 11) is 0. The quantitative estimate of drug-likeness (QED) is 0.779. The molecule has 1 unspecified atom stereocenters. The highest BCUT2D eigenvalue weighted by Crippen LogP contribution is 2.28. The first-order valence-electron chi connectivity index (χ1n) is 11.1. The third-order valence-electron chi connectivity index (χ3n) is 6.59. The van der Waals surface area contributed by atoms with Gasteiger partial charge in [-0.3, -0.25) is 19.1 Å². The zero-order chi connectivity index (χ0) is 20.4. The minimum absolute atomic E-state index is 0.0441. The molecule has 0 radical (unpaired) electrons. The molecular weight excluding hydrogens is 364 g/mol. The second-order valence-electron chi connectivity index (χ2n) is 8.46. The van der Waals surface area contributed by atoms with Crippen LogP contribution in [-0.4, -0.2) is 51.4 Å². The minimum Gasteiger partial charge on any atom is -0.340 e. The van der Waals surface area contributed by atoms with Crippen LogP contribution in [0.3, 0.4) is 0 Å². The Morgan fingerprint density at radius 2 is 1.83 bits per heavy atom. The molecule has 0 spiro atoms. The maximum atomic E-state index is 13.1. The largest absolute Gasteiger partial charge is 0.340 e. The van der Waals surface area contributed by atoms with Gasteiger partial charge in [-0.2, -0.15) is 0 Å². The van der Waals surface area contributed by atoms with Crippen molar-refractivity contribution in [3.8, 4) is 0 Å². The van der Waals surface area contributed by atoms with Gasteiger partial charge in [0.25, 0.3) is 5.56 Å². The molecule has 1 aromatic carbocycles. The number of rotatable bonds is 5. The lowest BCUT2D eigenvalue weighted by molar-refractivity contribution is -0.137. The van der Waals surface area contributed by atoms with E-state index in [1.54, 1.807) is 0 Å². The highest BCUT2D eigenvalue weighted by Gasteiger charge is 2.31. The van der Waals surface area contributed by atoms with E-state index in [9.17, 15) is 9.59 Å². The number of amides is 1. The number of para-hydroxylation sites is 1. The molecule has 1 aliphatic carbocycles. The van der Waals surface area contributed by atoms with E-state index in [1.165, 1.54) is 12.8 Å². The Bertz CT molecular complexity index is 924. The van der Waals surface area contributed by atoms with Crippen molar-refractivity contribution >= 4 is 16.8 Å². The Morgan fingerprint density at radius 3 is 2.52 bits per heavy atom. The van der Waals surface area contributed by atoms with Gasteiger partial charge in [0.1, 0.15) is 5.82 Å². The fourth-order valence-corrected chi connectivity index (χ4v) is 4.87. The van der Waals surface area contributed by atoms with Gasteiger partial charge in [-0.1, -0.05) is 31.9 Å². The van der Waals surface area contributed by atoms with Crippen LogP contribution in [0.15, 0.2) is 29.1 Å². The Morgan fingerprint density at radius 1 is 1.14 bits per heavy atom. The minimum atomic E-state index is 0.0441. The number of hydrogen-bond donors (Lipinski definition) is 0. The number of fused-ring (bicyclic) bond motifs is 1. The molecule has 2 heterocycles. The van der Waals surface area contributed by atoms with Crippen molar-refractivity contribution in [1.29, 1.82) is 0 Å². The zero-order valence-corrected chi connectivity index (χ0v) is 17.6. The molecule has 1 saturated heterocycles. The second kappa shape index (κ2) is 8.66. The Kier molecular flexibility index (Phi) is 5.99. The van der Waals surface area contributed by atoms with Crippen LogP contribution >= 0.6 is 0 Å². The van der Waals surface area contributed by atoms with E-state index in [-0.39, 0.29) is 17.5 Å². The molecular formula is C23H32N4O2. The maximum absolute atomic E-state index is 13.1. The molecule has 156 valence electrons. The van der Waals surface area contributed by atoms with Gasteiger partial charge in [0.05, 0.1) is 16.9 Å². The third-order valence-corrected chi connectivity index (χ3v) is 6.59. The summed E-state index contributed by atoms with van der Waals surface area (Å²) in [6.07, 6.45) is 5.38. The van der Waals surface area contributed by atoms with Crippen molar-refractivity contribution < 1.29 is 4.79 Å². The molecule has 0 bridgehead atoms. The van der Waals surface area contributed by atoms with Gasteiger partial charge in [-0.25, -0.2) is 4.98 Å². The molecule has 1 amide bonds. The molecule has 1 aliphatic heterocycles. The van der Waals surface area contributed by atoms with E-state index in [1.807, 2.05) is 33.7 Å². The van der Waals surface area contributed by atoms with Crippen LogP contribution in [0.25, 0.3) is 10.9 Å². The average Bonchev–Trinajstić information content (AvgIpc) is 3.30. The van der Waals surface area contributed by atoms with Gasteiger partial charge in [-0.15, -0.1) is 0 Å². The maximum Gasteiger partial charge on any atom is 0.261 e. The van der Waals surface area contributed by atoms with E-state index in [4.69, 9.17) is 4.98 Å². The monoisotopic (exact) mass is 396 g/mol. The summed E-state index contributed by atoms with van der Waals surface area (Å²) in [6.45, 7) is 8.09. The summed E-state index contributed by atoms with van der Waals surface area (Å²) < 4.78 is 1.85. The molecule has 2 aromatic rings. The number of carbonyl (C=O) groups is 1. The van der Waals surface area contributed by atoms with Gasteiger partial charge < -0.3 is 4.90 Å². The van der Waals surface area contributed by atoms with Crippen molar-refractivity contribution in [1.82, 2.24) is 19.4 Å². The lowest BCUT2D eigenvalue weighted by atomic mass is 10.1. The molecule has 6 nitrogen and oxygen atoms in total. The molecule has 29 heavy (non-hydrogen) atoms. The fraction of sp³-hybridized carbons (Fsp3) is 0.609. The standard InChI is InChI=1S/C23H32N4O2/c1-3-12-27-21(24-20-11-7-6-10-19(20)23(27)29)17(2)25-13-15-26(16-14-25)22(28)18-8-4-5-9-18/h6-7,10-11,17-18H,3-5,8-9,12-16H2,1-2H3. The van der Waals surface area contributed by atoms with E-state index in [0.717, 1.165) is 56.8 Å². The van der Waals surface area contributed by atoms with Crippen LogP contribution in [0, 0.1) is 5.92 Å². The van der Waals surface area contributed by atoms with Crippen LogP contribution in [0.5, 0.6) is 0 Å². The van der Waals surface area contributed by atoms with Crippen LogP contribution in [0.1, 0.15) is 57.8 Å². The van der Waals surface area contributed by atoms with Crippen LogP contribution in [0.2, 0.25) is 0 Å². The lowest BCUT2D eigenvalue weighted by Crippen LogP contribution is -2.51. The van der Waals surface area contributed by atoms with Gasteiger partial charge >= 0.3 is 0 Å². The molecule has 4 rings (SSSR count). The van der Waals surface area contributed by atoms with Crippen LogP contribution in [0.4, 0.5) is 0 Å². The van der Waals surface area contributed by atoms with E-state index < -0.39 is 0 Å². The highest BCUT2D eigenvalue weighted by atomic mass is 16.2. The first-order valence-corrected chi connectivity index (χ1v) is 11.1. The van der Waals surface area contributed by atoms with Gasteiger partial charge in [0.2, 0.25) is 5.91 Å². The zero-order valence-electron chi connectivity index (χ0n) is 17.6. The summed E-state index contributed by atoms with van der Waals surface area (Å²) in [4.78, 5) is 35.1. The number of hydrogen-bond acceptors (Lipinski definition) is 4. The third kappa shape index (κ3) is 3.95. The molecule has 1 atom stereocenters. The average molecular weight is 397 g/mol. The fourth-order valence-electron chi connectivity index (χ4n) is 4.87. The normalized spacial score (nSPS) is 19.7. The Hall–Kier alpha value is -2.21. The Balaban J connectivity index is 1.53. The number of benzene rings is 1. The number of carbonyl (C=O) groups excluding carboxylic acids is 1. The summed E-state index contributed by atoms with van der Waals surface area (Å²) in [6, 6.07) is 7.65. The molecule has 6 heteroatoms. The Labute approximate surface area is 172 Å². The van der Waals surface area contributed by atoms with Gasteiger partial charge in [0.15, 0.2) is 0 Å². The van der Waals surface area contributed by atoms with Crippen molar-refractivity contribution in [2.24, 2.45) is 5.92 Å². The van der Waals surface area contributed by atoms with Crippen molar-refractivity contribution in [3.05, 3.63) is 40.4 Å². The number of aromatic nitrogens is 2.